The minimum absolute atomic E-state index is 0.146. The molecule has 0 aromatic carbocycles. The van der Waals surface area contributed by atoms with Gasteiger partial charge in [-0.1, -0.05) is 0 Å². The molecule has 1 radical (unpaired) electrons. The fraction of sp³-hybridized carbons (Fsp3) is 0.750. The molecule has 0 unspecified atom stereocenters. The average molecular weight is 141 g/mol. The van der Waals surface area contributed by atoms with Crippen LogP contribution in [0, 0.1) is 6.42 Å². The molecule has 2 nitrogen and oxygen atoms in total. The minimum atomic E-state index is -0.146. The molecular weight excluding hydrogens is 128 g/mol. The van der Waals surface area contributed by atoms with E-state index in [9.17, 15) is 4.79 Å². The Balaban J connectivity index is 2.19. The maximum Gasteiger partial charge on any atom is 0.302 e. The van der Waals surface area contributed by atoms with E-state index in [1.807, 2.05) is 0 Å². The van der Waals surface area contributed by atoms with Crippen LogP contribution < -0.4 is 0 Å². The van der Waals surface area contributed by atoms with Gasteiger partial charge in [0, 0.05) is 6.92 Å². The quantitative estimate of drug-likeness (QED) is 0.519. The van der Waals surface area contributed by atoms with E-state index < -0.39 is 0 Å². The van der Waals surface area contributed by atoms with E-state index in [0.717, 1.165) is 25.7 Å². The average Bonchev–Trinajstić information content (AvgIpc) is 1.88. The van der Waals surface area contributed by atoms with Crippen LogP contribution >= 0.6 is 0 Å². The van der Waals surface area contributed by atoms with E-state index in [4.69, 9.17) is 4.74 Å². The first kappa shape index (κ1) is 7.58. The molecule has 1 rings (SSSR count). The monoisotopic (exact) mass is 141 g/mol. The summed E-state index contributed by atoms with van der Waals surface area (Å²) < 4.78 is 5.03. The third kappa shape index (κ3) is 2.38. The Morgan fingerprint density at radius 3 is 2.60 bits per heavy atom. The maximum absolute atomic E-state index is 10.5. The summed E-state index contributed by atoms with van der Waals surface area (Å²) in [7, 11) is 0. The first-order chi connectivity index (χ1) is 4.79. The number of ether oxygens (including phenoxy) is 1. The molecular formula is C8H13O2. The molecule has 1 aliphatic carbocycles. The molecule has 0 saturated heterocycles. The van der Waals surface area contributed by atoms with Gasteiger partial charge in [-0.15, -0.1) is 0 Å². The Morgan fingerprint density at radius 1 is 1.50 bits per heavy atom. The topological polar surface area (TPSA) is 26.3 Å². The second-order valence-electron chi connectivity index (χ2n) is 2.67. The number of hydrogen-bond donors (Lipinski definition) is 0. The first-order valence-electron chi connectivity index (χ1n) is 3.78. The van der Waals surface area contributed by atoms with Crippen molar-refractivity contribution in [2.75, 3.05) is 0 Å². The zero-order chi connectivity index (χ0) is 7.40. The highest BCUT2D eigenvalue weighted by Gasteiger charge is 2.15. The fourth-order valence-electron chi connectivity index (χ4n) is 1.25. The second-order valence-corrected chi connectivity index (χ2v) is 2.67. The third-order valence-corrected chi connectivity index (χ3v) is 1.72. The van der Waals surface area contributed by atoms with Crippen molar-refractivity contribution in [2.24, 2.45) is 0 Å². The molecule has 0 aromatic rings. The lowest BCUT2D eigenvalue weighted by Crippen LogP contribution is -2.19. The largest absolute Gasteiger partial charge is 0.463 e. The van der Waals surface area contributed by atoms with E-state index in [1.165, 1.54) is 6.92 Å². The van der Waals surface area contributed by atoms with E-state index in [1.54, 1.807) is 0 Å². The van der Waals surface area contributed by atoms with Crippen molar-refractivity contribution < 1.29 is 9.53 Å². The Labute approximate surface area is 61.6 Å². The smallest absolute Gasteiger partial charge is 0.302 e. The van der Waals surface area contributed by atoms with Gasteiger partial charge in [0.1, 0.15) is 6.10 Å². The van der Waals surface area contributed by atoms with E-state index in [0.29, 0.717) is 0 Å². The Kier molecular flexibility index (Phi) is 2.72. The van der Waals surface area contributed by atoms with Gasteiger partial charge in [-0.25, -0.2) is 0 Å². The number of rotatable bonds is 1. The molecule has 1 aliphatic rings. The van der Waals surface area contributed by atoms with Crippen molar-refractivity contribution in [1.29, 1.82) is 0 Å². The number of esters is 1. The van der Waals surface area contributed by atoms with Crippen LogP contribution in [0.1, 0.15) is 32.6 Å². The van der Waals surface area contributed by atoms with Crippen molar-refractivity contribution in [3.63, 3.8) is 0 Å². The second kappa shape index (κ2) is 3.59. The lowest BCUT2D eigenvalue weighted by Gasteiger charge is -2.20. The predicted molar refractivity (Wildman–Crippen MR) is 38.3 cm³/mol. The van der Waals surface area contributed by atoms with Crippen molar-refractivity contribution in [1.82, 2.24) is 0 Å². The molecule has 0 N–H and O–H groups in total. The Bertz CT molecular complexity index is 114. The summed E-state index contributed by atoms with van der Waals surface area (Å²) >= 11 is 0. The molecule has 0 atom stereocenters. The summed E-state index contributed by atoms with van der Waals surface area (Å²) in [5.41, 5.74) is 0. The maximum atomic E-state index is 10.5. The number of hydrogen-bond acceptors (Lipinski definition) is 2. The van der Waals surface area contributed by atoms with Crippen LogP contribution in [-0.2, 0) is 9.53 Å². The normalized spacial score (nSPS) is 20.5. The number of carbonyl (C=O) groups is 1. The van der Waals surface area contributed by atoms with E-state index in [2.05, 4.69) is 6.42 Å². The van der Waals surface area contributed by atoms with Gasteiger partial charge >= 0.3 is 5.97 Å². The minimum Gasteiger partial charge on any atom is -0.463 e. The van der Waals surface area contributed by atoms with Gasteiger partial charge in [-0.2, -0.15) is 0 Å². The summed E-state index contributed by atoms with van der Waals surface area (Å²) in [5.74, 6) is -0.146. The Morgan fingerprint density at radius 2 is 2.10 bits per heavy atom. The summed E-state index contributed by atoms with van der Waals surface area (Å²) in [6.07, 6.45) is 6.66. The molecule has 1 fully saturated rings. The fourth-order valence-corrected chi connectivity index (χ4v) is 1.25. The Hall–Kier alpha value is -0.530. The van der Waals surface area contributed by atoms with Gasteiger partial charge in [-0.05, 0) is 32.1 Å². The van der Waals surface area contributed by atoms with Crippen LogP contribution in [0.2, 0.25) is 0 Å². The molecule has 0 heterocycles. The van der Waals surface area contributed by atoms with Gasteiger partial charge in [0.2, 0.25) is 0 Å². The van der Waals surface area contributed by atoms with Crippen LogP contribution in [0.25, 0.3) is 0 Å². The van der Waals surface area contributed by atoms with Gasteiger partial charge in [0.05, 0.1) is 0 Å². The summed E-state index contributed by atoms with van der Waals surface area (Å²) in [6, 6.07) is 0. The van der Waals surface area contributed by atoms with Crippen molar-refractivity contribution in [3.05, 3.63) is 6.42 Å². The SMILES string of the molecule is CC(=O)OC1CC[CH]CC1. The molecule has 57 valence electrons. The van der Waals surface area contributed by atoms with E-state index >= 15 is 0 Å². The van der Waals surface area contributed by atoms with E-state index in [-0.39, 0.29) is 12.1 Å². The first-order valence-corrected chi connectivity index (χ1v) is 3.78. The van der Waals surface area contributed by atoms with Crippen molar-refractivity contribution >= 4 is 5.97 Å². The molecule has 0 spiro atoms. The van der Waals surface area contributed by atoms with Crippen LogP contribution in [0.3, 0.4) is 0 Å². The highest BCUT2D eigenvalue weighted by molar-refractivity contribution is 5.66. The summed E-state index contributed by atoms with van der Waals surface area (Å²) in [5, 5.41) is 0. The van der Waals surface area contributed by atoms with Crippen LogP contribution in [0.4, 0.5) is 0 Å². The zero-order valence-electron chi connectivity index (χ0n) is 6.30. The van der Waals surface area contributed by atoms with Crippen molar-refractivity contribution in [2.45, 2.75) is 38.7 Å². The van der Waals surface area contributed by atoms with Gasteiger partial charge < -0.3 is 4.74 Å². The van der Waals surface area contributed by atoms with Crippen molar-refractivity contribution in [3.8, 4) is 0 Å². The zero-order valence-corrected chi connectivity index (χ0v) is 6.30. The summed E-state index contributed by atoms with van der Waals surface area (Å²) in [4.78, 5) is 10.5. The molecule has 0 bridgehead atoms. The summed E-state index contributed by atoms with van der Waals surface area (Å²) in [6.45, 7) is 1.47. The lowest BCUT2D eigenvalue weighted by atomic mass is 9.98. The molecule has 1 saturated carbocycles. The predicted octanol–water partition coefficient (Wildman–Crippen LogP) is 1.70. The molecule has 0 aromatic heterocycles. The molecule has 0 aliphatic heterocycles. The third-order valence-electron chi connectivity index (χ3n) is 1.72. The standard InChI is InChI=1S/C8H13O2/c1-7(9)10-8-5-3-2-4-6-8/h2,8H,3-6H2,1H3. The number of carbonyl (C=O) groups excluding carboxylic acids is 1. The molecule has 10 heavy (non-hydrogen) atoms. The van der Waals surface area contributed by atoms with Crippen LogP contribution in [0.15, 0.2) is 0 Å². The van der Waals surface area contributed by atoms with Crippen LogP contribution in [0.5, 0.6) is 0 Å². The lowest BCUT2D eigenvalue weighted by molar-refractivity contribution is -0.147. The van der Waals surface area contributed by atoms with Gasteiger partial charge in [-0.3, -0.25) is 4.79 Å². The molecule has 2 heteroatoms. The highest BCUT2D eigenvalue weighted by Crippen LogP contribution is 2.19. The van der Waals surface area contributed by atoms with Gasteiger partial charge in [0.25, 0.3) is 0 Å². The van der Waals surface area contributed by atoms with Crippen LogP contribution in [-0.4, -0.2) is 12.1 Å². The highest BCUT2D eigenvalue weighted by atomic mass is 16.5. The van der Waals surface area contributed by atoms with Gasteiger partial charge in [0.15, 0.2) is 0 Å². The molecule has 0 amide bonds.